The van der Waals surface area contributed by atoms with Gasteiger partial charge in [0.25, 0.3) is 0 Å². The van der Waals surface area contributed by atoms with Gasteiger partial charge in [-0.1, -0.05) is 67.2 Å². The molecule has 0 bridgehead atoms. The van der Waals surface area contributed by atoms with Crippen LogP contribution in [0.3, 0.4) is 0 Å². The zero-order chi connectivity index (χ0) is 20.6. The standard InChI is InChI=1S/C29H50/c1-19(2)9-7-10-20(3)24-11-8-12-25-23-17-21(4)29-18-22(29)13-16-28(29,6)26(23)14-15-27(24,25)5/h19-26H,7-18H2,1-6H3. The van der Waals surface area contributed by atoms with Crippen LogP contribution in [-0.2, 0) is 0 Å². The second kappa shape index (κ2) is 7.00. The molecule has 0 radical (unpaired) electrons. The maximum atomic E-state index is 2.78. The molecule has 1 spiro atoms. The Labute approximate surface area is 182 Å². The topological polar surface area (TPSA) is 0 Å². The molecule has 10 unspecified atom stereocenters. The van der Waals surface area contributed by atoms with Crippen LogP contribution in [0.25, 0.3) is 0 Å². The van der Waals surface area contributed by atoms with Gasteiger partial charge in [0.1, 0.15) is 0 Å². The van der Waals surface area contributed by atoms with E-state index in [9.17, 15) is 0 Å². The third-order valence-electron chi connectivity index (χ3n) is 12.4. The van der Waals surface area contributed by atoms with E-state index in [4.69, 9.17) is 0 Å². The lowest BCUT2D eigenvalue weighted by Gasteiger charge is -2.64. The number of hydrogen-bond acceptors (Lipinski definition) is 0. The van der Waals surface area contributed by atoms with Gasteiger partial charge in [-0.25, -0.2) is 0 Å². The van der Waals surface area contributed by atoms with Gasteiger partial charge < -0.3 is 0 Å². The van der Waals surface area contributed by atoms with Crippen molar-refractivity contribution in [3.63, 3.8) is 0 Å². The molecular weight excluding hydrogens is 348 g/mol. The average Bonchev–Trinajstić information content (AvgIpc) is 3.33. The SMILES string of the molecule is CC(C)CCCC(C)C1CCCC2C3CC(C)C45CC4CCC5(C)C3CCC12C. The summed E-state index contributed by atoms with van der Waals surface area (Å²) in [4.78, 5) is 0. The maximum Gasteiger partial charge on any atom is -0.0184 e. The van der Waals surface area contributed by atoms with Crippen molar-refractivity contribution in [1.82, 2.24) is 0 Å². The lowest BCUT2D eigenvalue weighted by Crippen LogP contribution is -2.57. The Morgan fingerprint density at radius 2 is 1.69 bits per heavy atom. The predicted octanol–water partition coefficient (Wildman–Crippen LogP) is 8.74. The highest BCUT2D eigenvalue weighted by Crippen LogP contribution is 2.83. The summed E-state index contributed by atoms with van der Waals surface area (Å²) in [7, 11) is 0. The van der Waals surface area contributed by atoms with Crippen LogP contribution >= 0.6 is 0 Å². The van der Waals surface area contributed by atoms with Crippen molar-refractivity contribution in [2.45, 2.75) is 119 Å². The van der Waals surface area contributed by atoms with Crippen molar-refractivity contribution >= 4 is 0 Å². The van der Waals surface area contributed by atoms with Crippen molar-refractivity contribution in [1.29, 1.82) is 0 Å². The zero-order valence-corrected chi connectivity index (χ0v) is 20.6. The van der Waals surface area contributed by atoms with Crippen molar-refractivity contribution in [2.24, 2.45) is 63.6 Å². The van der Waals surface area contributed by atoms with Crippen LogP contribution in [0.5, 0.6) is 0 Å². The first-order valence-corrected chi connectivity index (χ1v) is 13.7. The highest BCUT2D eigenvalue weighted by molar-refractivity contribution is 5.24. The lowest BCUT2D eigenvalue weighted by molar-refractivity contribution is -0.156. The van der Waals surface area contributed by atoms with E-state index in [1.165, 1.54) is 32.1 Å². The monoisotopic (exact) mass is 398 g/mol. The van der Waals surface area contributed by atoms with Crippen molar-refractivity contribution < 1.29 is 0 Å². The average molecular weight is 399 g/mol. The van der Waals surface area contributed by atoms with E-state index in [1.807, 2.05) is 0 Å². The van der Waals surface area contributed by atoms with Gasteiger partial charge in [-0.2, -0.15) is 0 Å². The predicted molar refractivity (Wildman–Crippen MR) is 125 cm³/mol. The molecule has 166 valence electrons. The Morgan fingerprint density at radius 1 is 0.897 bits per heavy atom. The Hall–Kier alpha value is 0. The molecule has 5 fully saturated rings. The van der Waals surface area contributed by atoms with E-state index in [0.29, 0.717) is 10.8 Å². The number of fused-ring (bicyclic) bond motifs is 4. The van der Waals surface area contributed by atoms with E-state index in [-0.39, 0.29) is 0 Å². The molecule has 0 N–H and O–H groups in total. The summed E-state index contributed by atoms with van der Waals surface area (Å²) in [6, 6.07) is 0. The van der Waals surface area contributed by atoms with Crippen LogP contribution in [0.15, 0.2) is 0 Å². The number of rotatable bonds is 5. The van der Waals surface area contributed by atoms with Crippen LogP contribution < -0.4 is 0 Å². The summed E-state index contributed by atoms with van der Waals surface area (Å²) in [5.41, 5.74) is 2.15. The first-order valence-electron chi connectivity index (χ1n) is 13.7. The Morgan fingerprint density at radius 3 is 2.41 bits per heavy atom. The first-order chi connectivity index (χ1) is 13.7. The maximum absolute atomic E-state index is 2.78. The van der Waals surface area contributed by atoms with Crippen molar-refractivity contribution in [2.75, 3.05) is 0 Å². The largest absolute Gasteiger partial charge is 0.0628 e. The Kier molecular flexibility index (Phi) is 5.04. The molecule has 5 aliphatic rings. The van der Waals surface area contributed by atoms with Crippen LogP contribution in [0.1, 0.15) is 119 Å². The summed E-state index contributed by atoms with van der Waals surface area (Å²) in [5, 5.41) is 0. The van der Waals surface area contributed by atoms with Gasteiger partial charge in [-0.05, 0) is 115 Å². The quantitative estimate of drug-likeness (QED) is 0.434. The lowest BCUT2D eigenvalue weighted by atomic mass is 9.40. The van der Waals surface area contributed by atoms with Gasteiger partial charge in [0.2, 0.25) is 0 Å². The van der Waals surface area contributed by atoms with E-state index in [0.717, 1.165) is 52.8 Å². The third kappa shape index (κ3) is 2.81. The van der Waals surface area contributed by atoms with Gasteiger partial charge in [0.15, 0.2) is 0 Å². The van der Waals surface area contributed by atoms with Crippen LogP contribution in [0.2, 0.25) is 0 Å². The second-order valence-corrected chi connectivity index (χ2v) is 13.8. The molecule has 0 saturated heterocycles. The van der Waals surface area contributed by atoms with E-state index < -0.39 is 0 Å². The molecule has 29 heavy (non-hydrogen) atoms. The second-order valence-electron chi connectivity index (χ2n) is 13.8. The summed E-state index contributed by atoms with van der Waals surface area (Å²) >= 11 is 0. The fourth-order valence-corrected chi connectivity index (χ4v) is 11.1. The Balaban J connectivity index is 1.36. The summed E-state index contributed by atoms with van der Waals surface area (Å²) < 4.78 is 0. The molecule has 5 saturated carbocycles. The van der Waals surface area contributed by atoms with E-state index in [1.54, 1.807) is 44.9 Å². The summed E-state index contributed by atoms with van der Waals surface area (Å²) in [5.74, 6) is 8.13. The first kappa shape index (κ1) is 20.9. The zero-order valence-electron chi connectivity index (χ0n) is 20.6. The minimum atomic E-state index is 0.652. The van der Waals surface area contributed by atoms with E-state index >= 15 is 0 Å². The van der Waals surface area contributed by atoms with Crippen LogP contribution in [0, 0.1) is 63.6 Å². The van der Waals surface area contributed by atoms with Crippen molar-refractivity contribution in [3.05, 3.63) is 0 Å². The minimum Gasteiger partial charge on any atom is -0.0628 e. The van der Waals surface area contributed by atoms with Gasteiger partial charge in [0.05, 0.1) is 0 Å². The van der Waals surface area contributed by atoms with E-state index in [2.05, 4.69) is 41.5 Å². The normalized spacial score (nSPS) is 54.3. The minimum absolute atomic E-state index is 0.652. The highest BCUT2D eigenvalue weighted by atomic mass is 14.8. The van der Waals surface area contributed by atoms with Crippen LogP contribution in [-0.4, -0.2) is 0 Å². The molecule has 0 aliphatic heterocycles. The van der Waals surface area contributed by atoms with Gasteiger partial charge in [0, 0.05) is 0 Å². The summed E-state index contributed by atoms with van der Waals surface area (Å²) in [6.45, 7) is 15.7. The highest BCUT2D eigenvalue weighted by Gasteiger charge is 2.75. The van der Waals surface area contributed by atoms with Gasteiger partial charge in [-0.15, -0.1) is 0 Å². The molecule has 0 heterocycles. The van der Waals surface area contributed by atoms with Gasteiger partial charge >= 0.3 is 0 Å². The molecule has 0 aromatic heterocycles. The smallest absolute Gasteiger partial charge is 0.0184 e. The molecule has 0 amide bonds. The molecule has 10 atom stereocenters. The fourth-order valence-electron chi connectivity index (χ4n) is 11.1. The Bertz CT molecular complexity index is 620. The molecule has 0 heteroatoms. The molecule has 0 aromatic carbocycles. The summed E-state index contributed by atoms with van der Waals surface area (Å²) in [6.07, 6.45) is 18.5. The number of hydrogen-bond donors (Lipinski definition) is 0. The molecule has 5 aliphatic carbocycles. The third-order valence-corrected chi connectivity index (χ3v) is 12.4. The van der Waals surface area contributed by atoms with Gasteiger partial charge in [-0.3, -0.25) is 0 Å². The molecule has 0 aromatic rings. The fraction of sp³-hybridized carbons (Fsp3) is 1.00. The molecular formula is C29H50. The molecule has 5 rings (SSSR count). The van der Waals surface area contributed by atoms with Crippen molar-refractivity contribution in [3.8, 4) is 0 Å². The van der Waals surface area contributed by atoms with Crippen LogP contribution in [0.4, 0.5) is 0 Å². The molecule has 0 nitrogen and oxygen atoms in total.